The second-order valence-electron chi connectivity index (χ2n) is 3.60. The fourth-order valence-electron chi connectivity index (χ4n) is 1.50. The molecule has 1 aromatic carbocycles. The lowest BCUT2D eigenvalue weighted by atomic mass is 10.2. The molecule has 3 nitrogen and oxygen atoms in total. The summed E-state index contributed by atoms with van der Waals surface area (Å²) >= 11 is 0. The van der Waals surface area contributed by atoms with Gasteiger partial charge >= 0.3 is 0 Å². The maximum absolute atomic E-state index is 5.69. The van der Waals surface area contributed by atoms with Gasteiger partial charge in [0.05, 0.1) is 19.5 Å². The molecule has 0 amide bonds. The largest absolute Gasteiger partial charge is 0.493 e. The van der Waals surface area contributed by atoms with Gasteiger partial charge in [-0.15, -0.1) is 0 Å². The second kappa shape index (κ2) is 3.85. The first-order valence-corrected chi connectivity index (χ1v) is 4.93. The summed E-state index contributed by atoms with van der Waals surface area (Å²) in [4.78, 5) is 0. The molecule has 0 saturated heterocycles. The first-order chi connectivity index (χ1) is 7.22. The molecule has 1 heterocycles. The molecule has 2 rings (SSSR count). The number of rotatable bonds is 3. The second-order valence-corrected chi connectivity index (χ2v) is 3.60. The quantitative estimate of drug-likeness (QED) is 0.772. The van der Waals surface area contributed by atoms with E-state index in [1.54, 1.807) is 13.4 Å². The van der Waals surface area contributed by atoms with E-state index in [0.717, 1.165) is 11.0 Å². The minimum Gasteiger partial charge on any atom is -0.493 e. The minimum atomic E-state index is 0.0922. The van der Waals surface area contributed by atoms with Gasteiger partial charge in [0.15, 0.2) is 11.3 Å². The Balaban J connectivity index is 2.58. The molecule has 0 bridgehead atoms. The highest BCUT2D eigenvalue weighted by Gasteiger charge is 2.13. The first-order valence-electron chi connectivity index (χ1n) is 4.93. The number of hydrogen-bond acceptors (Lipinski definition) is 3. The standard InChI is InChI=1S/C12H14O3/c1-8(2)15-12-10(13-3)5-4-9-6-7-14-11(9)12/h4-8H,1-3H3. The molecule has 0 unspecified atom stereocenters. The van der Waals surface area contributed by atoms with Gasteiger partial charge in [-0.25, -0.2) is 0 Å². The minimum absolute atomic E-state index is 0.0922. The van der Waals surface area contributed by atoms with Gasteiger partial charge in [0.1, 0.15) is 0 Å². The van der Waals surface area contributed by atoms with E-state index in [0.29, 0.717) is 11.5 Å². The van der Waals surface area contributed by atoms with Crippen LogP contribution in [0, 0.1) is 0 Å². The fourth-order valence-corrected chi connectivity index (χ4v) is 1.50. The molecule has 0 aliphatic carbocycles. The van der Waals surface area contributed by atoms with Crippen LogP contribution in [0.5, 0.6) is 11.5 Å². The molecule has 0 fully saturated rings. The van der Waals surface area contributed by atoms with E-state index in [9.17, 15) is 0 Å². The molecule has 2 aromatic rings. The van der Waals surface area contributed by atoms with E-state index in [1.165, 1.54) is 0 Å². The molecule has 1 aromatic heterocycles. The van der Waals surface area contributed by atoms with Crippen molar-refractivity contribution in [1.82, 2.24) is 0 Å². The van der Waals surface area contributed by atoms with E-state index in [1.807, 2.05) is 32.0 Å². The van der Waals surface area contributed by atoms with Crippen LogP contribution >= 0.6 is 0 Å². The van der Waals surface area contributed by atoms with Crippen molar-refractivity contribution in [3.63, 3.8) is 0 Å². The Labute approximate surface area is 88.6 Å². The summed E-state index contributed by atoms with van der Waals surface area (Å²) < 4.78 is 16.3. The van der Waals surface area contributed by atoms with Crippen LogP contribution in [-0.4, -0.2) is 13.2 Å². The van der Waals surface area contributed by atoms with Crippen molar-refractivity contribution in [3.8, 4) is 11.5 Å². The van der Waals surface area contributed by atoms with Crippen LogP contribution in [0.15, 0.2) is 28.9 Å². The zero-order chi connectivity index (χ0) is 10.8. The van der Waals surface area contributed by atoms with Gasteiger partial charge < -0.3 is 13.9 Å². The van der Waals surface area contributed by atoms with Crippen LogP contribution in [0.2, 0.25) is 0 Å². The molecular weight excluding hydrogens is 192 g/mol. The lowest BCUT2D eigenvalue weighted by Crippen LogP contribution is -2.06. The van der Waals surface area contributed by atoms with Gasteiger partial charge in [-0.3, -0.25) is 0 Å². The van der Waals surface area contributed by atoms with Crippen LogP contribution < -0.4 is 9.47 Å². The first kappa shape index (κ1) is 9.90. The summed E-state index contributed by atoms with van der Waals surface area (Å²) in [5.41, 5.74) is 0.739. The molecule has 0 radical (unpaired) electrons. The Morgan fingerprint density at radius 2 is 2.00 bits per heavy atom. The zero-order valence-electron chi connectivity index (χ0n) is 9.11. The van der Waals surface area contributed by atoms with Crippen molar-refractivity contribution in [3.05, 3.63) is 24.5 Å². The van der Waals surface area contributed by atoms with Crippen LogP contribution in [0.4, 0.5) is 0 Å². The normalized spacial score (nSPS) is 10.9. The summed E-state index contributed by atoms with van der Waals surface area (Å²) in [5.74, 6) is 1.38. The predicted octanol–water partition coefficient (Wildman–Crippen LogP) is 3.23. The highest BCUT2D eigenvalue weighted by Crippen LogP contribution is 2.36. The molecule has 0 spiro atoms. The van der Waals surface area contributed by atoms with Crippen molar-refractivity contribution in [1.29, 1.82) is 0 Å². The van der Waals surface area contributed by atoms with Crippen LogP contribution in [0.25, 0.3) is 11.0 Å². The number of fused-ring (bicyclic) bond motifs is 1. The zero-order valence-corrected chi connectivity index (χ0v) is 9.11. The highest BCUT2D eigenvalue weighted by atomic mass is 16.5. The summed E-state index contributed by atoms with van der Waals surface area (Å²) in [7, 11) is 1.62. The summed E-state index contributed by atoms with van der Waals surface area (Å²) in [5, 5.41) is 1.02. The van der Waals surface area contributed by atoms with Gasteiger partial charge in [-0.05, 0) is 32.0 Å². The van der Waals surface area contributed by atoms with E-state index >= 15 is 0 Å². The van der Waals surface area contributed by atoms with Gasteiger partial charge in [-0.1, -0.05) is 0 Å². The van der Waals surface area contributed by atoms with Gasteiger partial charge in [0.2, 0.25) is 5.75 Å². The molecular formula is C12H14O3. The molecule has 0 N–H and O–H groups in total. The van der Waals surface area contributed by atoms with Crippen molar-refractivity contribution < 1.29 is 13.9 Å². The smallest absolute Gasteiger partial charge is 0.205 e. The average molecular weight is 206 g/mol. The molecule has 0 aliphatic rings. The number of methoxy groups -OCH3 is 1. The van der Waals surface area contributed by atoms with Crippen molar-refractivity contribution in [2.75, 3.05) is 7.11 Å². The van der Waals surface area contributed by atoms with Crippen LogP contribution in [-0.2, 0) is 0 Å². The highest BCUT2D eigenvalue weighted by molar-refractivity contribution is 5.85. The predicted molar refractivity (Wildman–Crippen MR) is 58.5 cm³/mol. The van der Waals surface area contributed by atoms with Gasteiger partial charge in [-0.2, -0.15) is 0 Å². The molecule has 3 heteroatoms. The summed E-state index contributed by atoms with van der Waals surface area (Å²) in [6.45, 7) is 3.95. The Morgan fingerprint density at radius 1 is 1.20 bits per heavy atom. The number of benzene rings is 1. The third-order valence-electron chi connectivity index (χ3n) is 2.11. The Hall–Kier alpha value is -1.64. The van der Waals surface area contributed by atoms with Crippen molar-refractivity contribution in [2.24, 2.45) is 0 Å². The summed E-state index contributed by atoms with van der Waals surface area (Å²) in [6.07, 6.45) is 1.74. The monoisotopic (exact) mass is 206 g/mol. The molecule has 0 aliphatic heterocycles. The third-order valence-corrected chi connectivity index (χ3v) is 2.11. The lowest BCUT2D eigenvalue weighted by molar-refractivity contribution is 0.230. The number of furan rings is 1. The maximum Gasteiger partial charge on any atom is 0.205 e. The number of hydrogen-bond donors (Lipinski definition) is 0. The van der Waals surface area contributed by atoms with Gasteiger partial charge in [0.25, 0.3) is 0 Å². The summed E-state index contributed by atoms with van der Waals surface area (Å²) in [6, 6.07) is 5.74. The van der Waals surface area contributed by atoms with E-state index < -0.39 is 0 Å². The van der Waals surface area contributed by atoms with Gasteiger partial charge in [0, 0.05) is 5.39 Å². The van der Waals surface area contributed by atoms with E-state index in [-0.39, 0.29) is 6.10 Å². The molecule has 15 heavy (non-hydrogen) atoms. The van der Waals surface area contributed by atoms with E-state index in [2.05, 4.69) is 0 Å². The van der Waals surface area contributed by atoms with Crippen LogP contribution in [0.1, 0.15) is 13.8 Å². The van der Waals surface area contributed by atoms with Crippen molar-refractivity contribution >= 4 is 11.0 Å². The average Bonchev–Trinajstić information content (AvgIpc) is 2.65. The Kier molecular flexibility index (Phi) is 2.54. The fraction of sp³-hybridized carbons (Fsp3) is 0.333. The van der Waals surface area contributed by atoms with Crippen LogP contribution in [0.3, 0.4) is 0 Å². The molecule has 80 valence electrons. The number of ether oxygens (including phenoxy) is 2. The lowest BCUT2D eigenvalue weighted by Gasteiger charge is -2.13. The third kappa shape index (κ3) is 1.77. The molecule has 0 saturated carbocycles. The maximum atomic E-state index is 5.69. The topological polar surface area (TPSA) is 31.6 Å². The molecule has 0 atom stereocenters. The van der Waals surface area contributed by atoms with Crippen molar-refractivity contribution in [2.45, 2.75) is 20.0 Å². The Bertz CT molecular complexity index is 457. The van der Waals surface area contributed by atoms with E-state index in [4.69, 9.17) is 13.9 Å². The Morgan fingerprint density at radius 3 is 2.67 bits per heavy atom. The SMILES string of the molecule is COc1ccc2ccoc2c1OC(C)C.